The molecule has 0 radical (unpaired) electrons. The first kappa shape index (κ1) is 14.4. The average molecular weight is 274 g/mol. The van der Waals surface area contributed by atoms with Gasteiger partial charge in [-0.3, -0.25) is 9.59 Å². The summed E-state index contributed by atoms with van der Waals surface area (Å²) in [5, 5.41) is 0. The molecule has 0 saturated carbocycles. The van der Waals surface area contributed by atoms with Crippen LogP contribution in [0, 0.1) is 5.92 Å². The maximum Gasteiger partial charge on any atom is 0.375 e. The van der Waals surface area contributed by atoms with E-state index in [-0.39, 0.29) is 12.4 Å². The van der Waals surface area contributed by atoms with Crippen LogP contribution < -0.4 is 0 Å². The van der Waals surface area contributed by atoms with Crippen LogP contribution in [0.15, 0.2) is 18.2 Å². The minimum atomic E-state index is -0.902. The summed E-state index contributed by atoms with van der Waals surface area (Å²) in [5.74, 6) is -2.75. The summed E-state index contributed by atoms with van der Waals surface area (Å²) in [4.78, 5) is 35.9. The third-order valence-electron chi connectivity index (χ3n) is 3.66. The van der Waals surface area contributed by atoms with Crippen molar-refractivity contribution in [1.82, 2.24) is 0 Å². The van der Waals surface area contributed by atoms with E-state index in [4.69, 9.17) is 4.74 Å². The van der Waals surface area contributed by atoms with Crippen molar-refractivity contribution in [1.29, 1.82) is 0 Å². The molecular formula is C16H18O4. The summed E-state index contributed by atoms with van der Waals surface area (Å²) in [6.45, 7) is 3.79. The highest BCUT2D eigenvalue weighted by atomic mass is 16.5. The van der Waals surface area contributed by atoms with Crippen LogP contribution in [-0.4, -0.2) is 24.1 Å². The highest BCUT2D eigenvalue weighted by molar-refractivity contribution is 6.39. The number of benzene rings is 1. The van der Waals surface area contributed by atoms with Gasteiger partial charge in [-0.25, -0.2) is 4.79 Å². The summed E-state index contributed by atoms with van der Waals surface area (Å²) in [5.41, 5.74) is 2.60. The van der Waals surface area contributed by atoms with Gasteiger partial charge in [0.2, 0.25) is 0 Å². The predicted octanol–water partition coefficient (Wildman–Crippen LogP) is 2.13. The molecule has 0 aliphatic heterocycles. The van der Waals surface area contributed by atoms with Gasteiger partial charge in [-0.15, -0.1) is 0 Å². The number of carbonyl (C=O) groups is 3. The summed E-state index contributed by atoms with van der Waals surface area (Å²) in [6, 6.07) is 5.78. The van der Waals surface area contributed by atoms with Gasteiger partial charge in [-0.2, -0.15) is 0 Å². The van der Waals surface area contributed by atoms with Gasteiger partial charge >= 0.3 is 5.97 Å². The maximum absolute atomic E-state index is 12.4. The van der Waals surface area contributed by atoms with Crippen LogP contribution >= 0.6 is 0 Å². The number of Topliss-reactive ketones (excluding diaryl/α,β-unsaturated/α-hetero) is 2. The Labute approximate surface area is 118 Å². The number of ether oxygens (including phenoxy) is 1. The monoisotopic (exact) mass is 274 g/mol. The van der Waals surface area contributed by atoms with E-state index in [2.05, 4.69) is 0 Å². The van der Waals surface area contributed by atoms with Crippen molar-refractivity contribution in [2.75, 3.05) is 6.61 Å². The number of hydrogen-bond acceptors (Lipinski definition) is 4. The fourth-order valence-electron chi connectivity index (χ4n) is 2.50. The predicted molar refractivity (Wildman–Crippen MR) is 73.6 cm³/mol. The molecule has 4 nitrogen and oxygen atoms in total. The number of carbonyl (C=O) groups excluding carboxylic acids is 3. The molecule has 0 bridgehead atoms. The molecule has 0 N–H and O–H groups in total. The second-order valence-electron chi connectivity index (χ2n) is 4.89. The molecule has 0 heterocycles. The van der Waals surface area contributed by atoms with Crippen LogP contribution in [0.25, 0.3) is 0 Å². The molecule has 1 unspecified atom stereocenters. The molecule has 4 heteroatoms. The smallest absolute Gasteiger partial charge is 0.375 e. The third-order valence-corrected chi connectivity index (χ3v) is 3.66. The SMILES string of the molecule is CCOC(=O)C(=O)C1CCc2ccc(CC)cc2C1=O. The van der Waals surface area contributed by atoms with Gasteiger partial charge in [0.1, 0.15) is 0 Å². The lowest BCUT2D eigenvalue weighted by Gasteiger charge is -2.22. The van der Waals surface area contributed by atoms with E-state index in [9.17, 15) is 14.4 Å². The Morgan fingerprint density at radius 2 is 2.05 bits per heavy atom. The molecule has 1 atom stereocenters. The number of rotatable bonds is 4. The largest absolute Gasteiger partial charge is 0.460 e. The lowest BCUT2D eigenvalue weighted by molar-refractivity contribution is -0.154. The Morgan fingerprint density at radius 1 is 1.30 bits per heavy atom. The summed E-state index contributed by atoms with van der Waals surface area (Å²) in [6.07, 6.45) is 1.85. The normalized spacial score (nSPS) is 17.5. The van der Waals surface area contributed by atoms with Crippen LogP contribution in [0.1, 0.15) is 41.8 Å². The molecule has 106 valence electrons. The zero-order valence-electron chi connectivity index (χ0n) is 11.8. The van der Waals surface area contributed by atoms with Gasteiger partial charge in [-0.05, 0) is 43.4 Å². The Morgan fingerprint density at radius 3 is 2.70 bits per heavy atom. The molecule has 0 fully saturated rings. The average Bonchev–Trinajstić information content (AvgIpc) is 2.47. The van der Waals surface area contributed by atoms with E-state index in [0.29, 0.717) is 18.4 Å². The van der Waals surface area contributed by atoms with Gasteiger partial charge in [0.15, 0.2) is 5.78 Å². The van der Waals surface area contributed by atoms with E-state index in [0.717, 1.165) is 17.5 Å². The fourth-order valence-corrected chi connectivity index (χ4v) is 2.50. The molecule has 0 amide bonds. The highest BCUT2D eigenvalue weighted by Crippen LogP contribution is 2.27. The van der Waals surface area contributed by atoms with Gasteiger partial charge in [0, 0.05) is 5.56 Å². The third kappa shape index (κ3) is 2.64. The zero-order chi connectivity index (χ0) is 14.7. The van der Waals surface area contributed by atoms with Crippen molar-refractivity contribution < 1.29 is 19.1 Å². The van der Waals surface area contributed by atoms with Crippen molar-refractivity contribution in [3.05, 3.63) is 34.9 Å². The first-order chi connectivity index (χ1) is 9.58. The first-order valence-corrected chi connectivity index (χ1v) is 6.95. The number of esters is 1. The molecule has 1 aromatic rings. The summed E-state index contributed by atoms with van der Waals surface area (Å²) >= 11 is 0. The van der Waals surface area contributed by atoms with Gasteiger partial charge in [-0.1, -0.05) is 19.1 Å². The van der Waals surface area contributed by atoms with E-state index < -0.39 is 17.7 Å². The van der Waals surface area contributed by atoms with Gasteiger partial charge < -0.3 is 4.74 Å². The van der Waals surface area contributed by atoms with E-state index in [1.54, 1.807) is 6.92 Å². The maximum atomic E-state index is 12.4. The number of hydrogen-bond donors (Lipinski definition) is 0. The number of fused-ring (bicyclic) bond motifs is 1. The molecule has 2 rings (SSSR count). The minimum absolute atomic E-state index is 0.141. The van der Waals surface area contributed by atoms with Crippen LogP contribution in [0.2, 0.25) is 0 Å². The van der Waals surface area contributed by atoms with Crippen LogP contribution in [0.3, 0.4) is 0 Å². The molecule has 20 heavy (non-hydrogen) atoms. The minimum Gasteiger partial charge on any atom is -0.460 e. The summed E-state index contributed by atoms with van der Waals surface area (Å²) < 4.78 is 4.70. The lowest BCUT2D eigenvalue weighted by Crippen LogP contribution is -2.35. The molecule has 1 aliphatic carbocycles. The number of ketones is 2. The topological polar surface area (TPSA) is 60.4 Å². The molecule has 1 aromatic carbocycles. The Bertz CT molecular complexity index is 560. The summed E-state index contributed by atoms with van der Waals surface area (Å²) in [7, 11) is 0. The van der Waals surface area contributed by atoms with E-state index >= 15 is 0 Å². The van der Waals surface area contributed by atoms with Crippen molar-refractivity contribution in [2.24, 2.45) is 5.92 Å². The van der Waals surface area contributed by atoms with Gasteiger partial charge in [0.25, 0.3) is 5.78 Å². The Kier molecular flexibility index (Phi) is 4.32. The molecular weight excluding hydrogens is 256 g/mol. The van der Waals surface area contributed by atoms with Crippen LogP contribution in [0.4, 0.5) is 0 Å². The first-order valence-electron chi connectivity index (χ1n) is 6.95. The van der Waals surface area contributed by atoms with Gasteiger partial charge in [0.05, 0.1) is 12.5 Å². The quantitative estimate of drug-likeness (QED) is 0.479. The second-order valence-corrected chi connectivity index (χ2v) is 4.89. The highest BCUT2D eigenvalue weighted by Gasteiger charge is 2.36. The Hall–Kier alpha value is -1.97. The molecule has 0 spiro atoms. The van der Waals surface area contributed by atoms with E-state index in [1.807, 2.05) is 25.1 Å². The van der Waals surface area contributed by atoms with Crippen molar-refractivity contribution >= 4 is 17.5 Å². The standard InChI is InChI=1S/C16H18O4/c1-3-10-5-6-11-7-8-12(14(17)13(11)9-10)15(18)16(19)20-4-2/h5-6,9,12H,3-4,7-8H2,1-2H3. The molecule has 0 aromatic heterocycles. The van der Waals surface area contributed by atoms with E-state index in [1.165, 1.54) is 0 Å². The van der Waals surface area contributed by atoms with Crippen molar-refractivity contribution in [3.63, 3.8) is 0 Å². The molecule has 0 saturated heterocycles. The van der Waals surface area contributed by atoms with Crippen molar-refractivity contribution in [2.45, 2.75) is 33.1 Å². The zero-order valence-corrected chi connectivity index (χ0v) is 11.8. The lowest BCUT2D eigenvalue weighted by atomic mass is 9.80. The second kappa shape index (κ2) is 5.99. The fraction of sp³-hybridized carbons (Fsp3) is 0.438. The number of aryl methyl sites for hydroxylation is 2. The molecule has 1 aliphatic rings. The van der Waals surface area contributed by atoms with Crippen LogP contribution in [0.5, 0.6) is 0 Å². The van der Waals surface area contributed by atoms with Crippen molar-refractivity contribution in [3.8, 4) is 0 Å². The van der Waals surface area contributed by atoms with Crippen LogP contribution in [-0.2, 0) is 27.2 Å². The Balaban J connectivity index is 2.26.